The summed E-state index contributed by atoms with van der Waals surface area (Å²) in [7, 11) is 0. The van der Waals surface area contributed by atoms with Gasteiger partial charge in [-0.05, 0) is 105 Å². The smallest absolute Gasteiger partial charge is 0.0765 e. The molecule has 1 aliphatic carbocycles. The van der Waals surface area contributed by atoms with Crippen LogP contribution in [0.4, 0.5) is 17.1 Å². The van der Waals surface area contributed by atoms with Gasteiger partial charge in [-0.15, -0.1) is 0 Å². The van der Waals surface area contributed by atoms with E-state index in [0.29, 0.717) is 0 Å². The quantitative estimate of drug-likeness (QED) is 0.180. The molecule has 2 aliphatic heterocycles. The zero-order valence-corrected chi connectivity index (χ0v) is 31.4. The van der Waals surface area contributed by atoms with Crippen molar-refractivity contribution in [2.45, 2.75) is 34.5 Å². The van der Waals surface area contributed by atoms with Gasteiger partial charge in [0.05, 0.1) is 22.1 Å². The number of para-hydroxylation sites is 4. The summed E-state index contributed by atoms with van der Waals surface area (Å²) in [6, 6.07) is 68.2. The first-order valence-corrected chi connectivity index (χ1v) is 20.0. The van der Waals surface area contributed by atoms with Crippen LogP contribution in [0, 0.1) is 0 Å². The fourth-order valence-corrected chi connectivity index (χ4v) is 11.5. The Morgan fingerprint density at radius 2 is 1.05 bits per heavy atom. The Hall–Kier alpha value is -6.29. The molecule has 3 heteroatoms. The van der Waals surface area contributed by atoms with Crippen LogP contribution in [0.1, 0.15) is 47.2 Å². The molecule has 8 aromatic carbocycles. The van der Waals surface area contributed by atoms with E-state index >= 15 is 0 Å². The van der Waals surface area contributed by atoms with Crippen LogP contribution in [0.25, 0.3) is 38.6 Å². The van der Waals surface area contributed by atoms with Crippen molar-refractivity contribution in [1.29, 1.82) is 0 Å². The highest BCUT2D eigenvalue weighted by Gasteiger charge is 2.49. The van der Waals surface area contributed by atoms with Gasteiger partial charge in [0.25, 0.3) is 0 Å². The van der Waals surface area contributed by atoms with Crippen molar-refractivity contribution in [3.63, 3.8) is 0 Å². The van der Waals surface area contributed by atoms with Crippen LogP contribution in [0.5, 0.6) is 0 Å². The van der Waals surface area contributed by atoms with Crippen LogP contribution >= 0.6 is 11.8 Å². The molecule has 1 atom stereocenters. The molecule has 260 valence electrons. The van der Waals surface area contributed by atoms with E-state index in [1.54, 1.807) is 0 Å². The van der Waals surface area contributed by atoms with E-state index in [9.17, 15) is 0 Å². The summed E-state index contributed by atoms with van der Waals surface area (Å²) >= 11 is 1.90. The summed E-state index contributed by atoms with van der Waals surface area (Å²) in [5.74, 6) is 0. The van der Waals surface area contributed by atoms with Crippen molar-refractivity contribution in [1.82, 2.24) is 4.57 Å². The first-order chi connectivity index (χ1) is 27.0. The number of benzene rings is 8. The molecule has 0 saturated heterocycles. The average molecular weight is 721 g/mol. The molecule has 9 aromatic rings. The maximum absolute atomic E-state index is 2.52. The summed E-state index contributed by atoms with van der Waals surface area (Å²) < 4.78 is 2.52. The molecule has 0 bridgehead atoms. The molecule has 3 heterocycles. The average Bonchev–Trinajstić information content (AvgIpc) is 3.69. The zero-order valence-electron chi connectivity index (χ0n) is 30.6. The molecule has 1 unspecified atom stereocenters. The number of hydrogen-bond donors (Lipinski definition) is 0. The number of anilines is 3. The Morgan fingerprint density at radius 1 is 0.436 bits per heavy atom. The second kappa shape index (κ2) is 11.1. The van der Waals surface area contributed by atoms with E-state index < -0.39 is 5.41 Å². The van der Waals surface area contributed by atoms with Gasteiger partial charge >= 0.3 is 0 Å². The molecule has 1 spiro atoms. The van der Waals surface area contributed by atoms with Gasteiger partial charge in [-0.1, -0.05) is 147 Å². The van der Waals surface area contributed by atoms with E-state index in [4.69, 9.17) is 0 Å². The Kier molecular flexibility index (Phi) is 6.29. The summed E-state index contributed by atoms with van der Waals surface area (Å²) in [6.07, 6.45) is 0. The maximum Gasteiger partial charge on any atom is 0.0765 e. The summed E-state index contributed by atoms with van der Waals surface area (Å²) in [5, 5.41) is 2.58. The van der Waals surface area contributed by atoms with Crippen LogP contribution < -0.4 is 4.90 Å². The number of hydrogen-bond acceptors (Lipinski definition) is 2. The SMILES string of the molecule is CC1(C)c2ccccc2-c2ccc(N(c3ccccc3)c3ccc4c(c3)C3(c5ccccc5S4)c4ccccc4-n4c5ccccc5c5cccc3c54)cc21. The second-order valence-electron chi connectivity index (χ2n) is 15.7. The minimum Gasteiger partial charge on any atom is -0.310 e. The lowest BCUT2D eigenvalue weighted by Gasteiger charge is -2.45. The number of fused-ring (bicyclic) bond motifs is 14. The molecule has 0 amide bonds. The van der Waals surface area contributed by atoms with Crippen molar-refractivity contribution >= 4 is 50.6 Å². The van der Waals surface area contributed by atoms with Crippen molar-refractivity contribution in [2.75, 3.05) is 4.90 Å². The normalized spacial score (nSPS) is 16.7. The van der Waals surface area contributed by atoms with Crippen molar-refractivity contribution in [3.8, 4) is 16.8 Å². The number of rotatable bonds is 3. The topological polar surface area (TPSA) is 8.17 Å². The van der Waals surface area contributed by atoms with Gasteiger partial charge in [0.2, 0.25) is 0 Å². The molecule has 0 fully saturated rings. The third kappa shape index (κ3) is 4.01. The third-order valence-electron chi connectivity index (χ3n) is 12.6. The van der Waals surface area contributed by atoms with Gasteiger partial charge in [0.15, 0.2) is 0 Å². The molecule has 3 aliphatic rings. The molecule has 1 aromatic heterocycles. The van der Waals surface area contributed by atoms with Gasteiger partial charge in [0, 0.05) is 43.0 Å². The Labute approximate surface area is 325 Å². The van der Waals surface area contributed by atoms with E-state index in [2.05, 4.69) is 205 Å². The zero-order chi connectivity index (χ0) is 36.5. The minimum atomic E-state index is -0.544. The van der Waals surface area contributed by atoms with Gasteiger partial charge in [-0.3, -0.25) is 0 Å². The van der Waals surface area contributed by atoms with E-state index in [-0.39, 0.29) is 5.41 Å². The number of aromatic nitrogens is 1. The standard InChI is InChI=1S/C52H36N2S/c1-51(2)40-20-8-6-17-36(40)37-29-27-34(31-44(37)51)53(33-15-4-3-5-16-33)35-28-30-49-45(32-35)52(42-22-10-13-26-48(42)55-49)41-21-9-12-25-47(41)54-46-24-11-7-18-38(46)39-19-14-23-43(52)50(39)54/h3-32H,1-2H3. The maximum atomic E-state index is 2.52. The van der Waals surface area contributed by atoms with Crippen LogP contribution in [0.3, 0.4) is 0 Å². The van der Waals surface area contributed by atoms with Crippen LogP contribution in [0.15, 0.2) is 192 Å². The lowest BCUT2D eigenvalue weighted by atomic mass is 9.62. The van der Waals surface area contributed by atoms with Crippen molar-refractivity contribution in [2.24, 2.45) is 0 Å². The molecule has 55 heavy (non-hydrogen) atoms. The lowest BCUT2D eigenvalue weighted by Crippen LogP contribution is -2.37. The summed E-state index contributed by atoms with van der Waals surface area (Å²) in [5.41, 5.74) is 17.3. The largest absolute Gasteiger partial charge is 0.310 e. The van der Waals surface area contributed by atoms with Gasteiger partial charge in [-0.25, -0.2) is 0 Å². The van der Waals surface area contributed by atoms with E-state index in [0.717, 1.165) is 17.1 Å². The fourth-order valence-electron chi connectivity index (χ4n) is 10.3. The first kappa shape index (κ1) is 31.1. The van der Waals surface area contributed by atoms with Crippen molar-refractivity contribution < 1.29 is 0 Å². The monoisotopic (exact) mass is 720 g/mol. The Morgan fingerprint density at radius 3 is 1.93 bits per heavy atom. The van der Waals surface area contributed by atoms with E-state index in [1.807, 2.05) is 11.8 Å². The van der Waals surface area contributed by atoms with Crippen LogP contribution in [-0.4, -0.2) is 4.57 Å². The second-order valence-corrected chi connectivity index (χ2v) is 16.8. The molecule has 0 N–H and O–H groups in total. The summed E-state index contributed by atoms with van der Waals surface area (Å²) in [6.45, 7) is 4.73. The highest BCUT2D eigenvalue weighted by molar-refractivity contribution is 7.99. The van der Waals surface area contributed by atoms with Crippen LogP contribution in [-0.2, 0) is 10.8 Å². The Bertz CT molecular complexity index is 3060. The molecular weight excluding hydrogens is 685 g/mol. The lowest BCUT2D eigenvalue weighted by molar-refractivity contribution is 0.660. The van der Waals surface area contributed by atoms with Gasteiger partial charge < -0.3 is 9.47 Å². The molecular formula is C52H36N2S. The highest BCUT2D eigenvalue weighted by Crippen LogP contribution is 2.61. The fraction of sp³-hybridized carbons (Fsp3) is 0.0769. The minimum absolute atomic E-state index is 0.104. The molecule has 0 radical (unpaired) electrons. The Balaban J connectivity index is 1.16. The third-order valence-corrected chi connectivity index (χ3v) is 13.8. The van der Waals surface area contributed by atoms with Crippen LogP contribution in [0.2, 0.25) is 0 Å². The summed E-state index contributed by atoms with van der Waals surface area (Å²) in [4.78, 5) is 5.06. The molecule has 2 nitrogen and oxygen atoms in total. The van der Waals surface area contributed by atoms with Gasteiger partial charge in [0.1, 0.15) is 0 Å². The number of nitrogens with zero attached hydrogens (tertiary/aromatic N) is 2. The predicted octanol–water partition coefficient (Wildman–Crippen LogP) is 13.7. The first-order valence-electron chi connectivity index (χ1n) is 19.2. The van der Waals surface area contributed by atoms with E-state index in [1.165, 1.54) is 81.8 Å². The van der Waals surface area contributed by atoms with Crippen molar-refractivity contribution in [3.05, 3.63) is 215 Å². The van der Waals surface area contributed by atoms with Gasteiger partial charge in [-0.2, -0.15) is 0 Å². The molecule has 12 rings (SSSR count). The predicted molar refractivity (Wildman–Crippen MR) is 229 cm³/mol. The molecule has 0 saturated carbocycles. The highest BCUT2D eigenvalue weighted by atomic mass is 32.2.